The summed E-state index contributed by atoms with van der Waals surface area (Å²) in [5.41, 5.74) is 0.446. The van der Waals surface area contributed by atoms with Crippen LogP contribution < -0.4 is 20.1 Å². The summed E-state index contributed by atoms with van der Waals surface area (Å²) in [4.78, 5) is 23.6. The Morgan fingerprint density at radius 3 is 2.30 bits per heavy atom. The van der Waals surface area contributed by atoms with Gasteiger partial charge >= 0.3 is 6.09 Å². The number of hydrogen-bond donors (Lipinski definition) is 2. The monoisotopic (exact) mass is 314 g/mol. The molecule has 2 aromatic carbocycles. The van der Waals surface area contributed by atoms with E-state index in [9.17, 15) is 9.59 Å². The molecule has 0 unspecified atom stereocenters. The molecule has 0 aliphatic rings. The molecular weight excluding hydrogens is 296 g/mol. The van der Waals surface area contributed by atoms with E-state index in [-0.39, 0.29) is 19.0 Å². The highest BCUT2D eigenvalue weighted by molar-refractivity contribution is 5.96. The first-order valence-corrected chi connectivity index (χ1v) is 7.12. The molecular formula is C17H18N2O4. The molecule has 2 aromatic rings. The van der Waals surface area contributed by atoms with Crippen molar-refractivity contribution in [3.8, 4) is 11.5 Å². The number of amides is 2. The molecule has 23 heavy (non-hydrogen) atoms. The fourth-order valence-electron chi connectivity index (χ4n) is 1.90. The van der Waals surface area contributed by atoms with Gasteiger partial charge in [-0.15, -0.1) is 0 Å². The Balaban J connectivity index is 1.72. The highest BCUT2D eigenvalue weighted by Gasteiger charge is 2.10. The molecule has 0 fully saturated rings. The van der Waals surface area contributed by atoms with Crippen LogP contribution >= 0.6 is 0 Å². The number of para-hydroxylation sites is 2. The SMILES string of the molecule is COc1ccccc1C(=O)NCCNC(=O)Oc1ccccc1. The van der Waals surface area contributed by atoms with E-state index in [4.69, 9.17) is 9.47 Å². The van der Waals surface area contributed by atoms with Gasteiger partial charge in [0.2, 0.25) is 0 Å². The topological polar surface area (TPSA) is 76.7 Å². The quantitative estimate of drug-likeness (QED) is 0.802. The lowest BCUT2D eigenvalue weighted by Gasteiger charge is -2.10. The second-order valence-electron chi connectivity index (χ2n) is 4.59. The van der Waals surface area contributed by atoms with Crippen LogP contribution in [0.2, 0.25) is 0 Å². The van der Waals surface area contributed by atoms with Crippen molar-refractivity contribution in [2.75, 3.05) is 20.2 Å². The highest BCUT2D eigenvalue weighted by atomic mass is 16.6. The molecule has 0 bridgehead atoms. The van der Waals surface area contributed by atoms with Gasteiger partial charge in [-0.05, 0) is 24.3 Å². The Kier molecular flexibility index (Phi) is 5.99. The van der Waals surface area contributed by atoms with Crippen LogP contribution in [0.3, 0.4) is 0 Å². The molecule has 0 saturated carbocycles. The van der Waals surface area contributed by atoms with Crippen LogP contribution in [0.5, 0.6) is 11.5 Å². The average Bonchev–Trinajstić information content (AvgIpc) is 2.59. The Hall–Kier alpha value is -3.02. The highest BCUT2D eigenvalue weighted by Crippen LogP contribution is 2.16. The van der Waals surface area contributed by atoms with E-state index in [1.165, 1.54) is 7.11 Å². The van der Waals surface area contributed by atoms with Gasteiger partial charge in [0.25, 0.3) is 5.91 Å². The van der Waals surface area contributed by atoms with Crippen molar-refractivity contribution in [3.63, 3.8) is 0 Å². The molecule has 0 heterocycles. The second kappa shape index (κ2) is 8.43. The number of methoxy groups -OCH3 is 1. The minimum Gasteiger partial charge on any atom is -0.496 e. The lowest BCUT2D eigenvalue weighted by atomic mass is 10.2. The third-order valence-corrected chi connectivity index (χ3v) is 2.99. The van der Waals surface area contributed by atoms with E-state index >= 15 is 0 Å². The number of nitrogens with one attached hydrogen (secondary N) is 2. The van der Waals surface area contributed by atoms with Gasteiger partial charge in [-0.2, -0.15) is 0 Å². The van der Waals surface area contributed by atoms with Crippen LogP contribution in [0.25, 0.3) is 0 Å². The number of hydrogen-bond acceptors (Lipinski definition) is 4. The number of carbonyl (C=O) groups is 2. The maximum atomic E-state index is 12.0. The molecule has 0 radical (unpaired) electrons. The van der Waals surface area contributed by atoms with Gasteiger partial charge in [-0.1, -0.05) is 30.3 Å². The normalized spacial score (nSPS) is 9.78. The molecule has 2 N–H and O–H groups in total. The maximum Gasteiger partial charge on any atom is 0.412 e. The molecule has 0 spiro atoms. The Morgan fingerprint density at radius 2 is 1.57 bits per heavy atom. The Morgan fingerprint density at radius 1 is 0.913 bits per heavy atom. The zero-order valence-electron chi connectivity index (χ0n) is 12.7. The zero-order valence-corrected chi connectivity index (χ0v) is 12.7. The molecule has 2 rings (SSSR count). The second-order valence-corrected chi connectivity index (χ2v) is 4.59. The van der Waals surface area contributed by atoms with Crippen LogP contribution in [0.15, 0.2) is 54.6 Å². The maximum absolute atomic E-state index is 12.0. The van der Waals surface area contributed by atoms with Gasteiger partial charge < -0.3 is 20.1 Å². The summed E-state index contributed by atoms with van der Waals surface area (Å²) < 4.78 is 10.2. The van der Waals surface area contributed by atoms with Crippen molar-refractivity contribution in [1.82, 2.24) is 10.6 Å². The zero-order chi connectivity index (χ0) is 16.5. The van der Waals surface area contributed by atoms with E-state index < -0.39 is 6.09 Å². The standard InChI is InChI=1S/C17H18N2O4/c1-22-15-10-6-5-9-14(15)16(20)18-11-12-19-17(21)23-13-7-3-2-4-8-13/h2-10H,11-12H2,1H3,(H,18,20)(H,19,21). The van der Waals surface area contributed by atoms with E-state index in [0.29, 0.717) is 17.1 Å². The minimum absolute atomic E-state index is 0.257. The van der Waals surface area contributed by atoms with Crippen molar-refractivity contribution in [2.24, 2.45) is 0 Å². The Labute approximate surface area is 134 Å². The van der Waals surface area contributed by atoms with Crippen LogP contribution in [-0.2, 0) is 0 Å². The fourth-order valence-corrected chi connectivity index (χ4v) is 1.90. The van der Waals surface area contributed by atoms with Crippen molar-refractivity contribution >= 4 is 12.0 Å². The van der Waals surface area contributed by atoms with Gasteiger partial charge in [0, 0.05) is 13.1 Å². The summed E-state index contributed by atoms with van der Waals surface area (Å²) in [6, 6.07) is 15.7. The summed E-state index contributed by atoms with van der Waals surface area (Å²) in [5.74, 6) is 0.699. The first-order valence-electron chi connectivity index (χ1n) is 7.12. The molecule has 0 aliphatic carbocycles. The summed E-state index contributed by atoms with van der Waals surface area (Å²) in [5, 5.41) is 5.26. The molecule has 0 atom stereocenters. The van der Waals surface area contributed by atoms with Gasteiger partial charge in [0.1, 0.15) is 11.5 Å². The fraction of sp³-hybridized carbons (Fsp3) is 0.176. The third-order valence-electron chi connectivity index (χ3n) is 2.99. The minimum atomic E-state index is -0.567. The van der Waals surface area contributed by atoms with Gasteiger partial charge in [-0.25, -0.2) is 4.79 Å². The molecule has 2 amide bonds. The first kappa shape index (κ1) is 16.4. The first-order chi connectivity index (χ1) is 11.2. The van der Waals surface area contributed by atoms with Crippen molar-refractivity contribution in [1.29, 1.82) is 0 Å². The van der Waals surface area contributed by atoms with Crippen molar-refractivity contribution < 1.29 is 19.1 Å². The number of benzene rings is 2. The lowest BCUT2D eigenvalue weighted by Crippen LogP contribution is -2.36. The summed E-state index contributed by atoms with van der Waals surface area (Å²) >= 11 is 0. The van der Waals surface area contributed by atoms with Crippen molar-refractivity contribution in [3.05, 3.63) is 60.2 Å². The average molecular weight is 314 g/mol. The van der Waals surface area contributed by atoms with Crippen LogP contribution in [0.1, 0.15) is 10.4 Å². The summed E-state index contributed by atoms with van der Waals surface area (Å²) in [6.45, 7) is 0.535. The van der Waals surface area contributed by atoms with Crippen molar-refractivity contribution in [2.45, 2.75) is 0 Å². The van der Waals surface area contributed by atoms with Gasteiger partial charge in [-0.3, -0.25) is 4.79 Å². The van der Waals surface area contributed by atoms with Crippen LogP contribution in [-0.4, -0.2) is 32.2 Å². The molecule has 0 aromatic heterocycles. The Bertz CT molecular complexity index is 659. The van der Waals surface area contributed by atoms with Gasteiger partial charge in [0.05, 0.1) is 12.7 Å². The molecule has 6 heteroatoms. The lowest BCUT2D eigenvalue weighted by molar-refractivity contribution is 0.0950. The number of ether oxygens (including phenoxy) is 2. The third kappa shape index (κ3) is 5.03. The molecule has 6 nitrogen and oxygen atoms in total. The van der Waals surface area contributed by atoms with E-state index in [2.05, 4.69) is 10.6 Å². The van der Waals surface area contributed by atoms with Crippen LogP contribution in [0.4, 0.5) is 4.79 Å². The molecule has 120 valence electrons. The summed E-state index contributed by atoms with van der Waals surface area (Å²) in [7, 11) is 1.51. The largest absolute Gasteiger partial charge is 0.496 e. The molecule has 0 saturated heterocycles. The van der Waals surface area contributed by atoms with Crippen LogP contribution in [0, 0.1) is 0 Å². The molecule has 0 aliphatic heterocycles. The van der Waals surface area contributed by atoms with Gasteiger partial charge in [0.15, 0.2) is 0 Å². The predicted octanol–water partition coefficient (Wildman–Crippen LogP) is 2.21. The van der Waals surface area contributed by atoms with E-state index in [1.54, 1.807) is 48.5 Å². The summed E-state index contributed by atoms with van der Waals surface area (Å²) in [6.07, 6.45) is -0.567. The van der Waals surface area contributed by atoms with E-state index in [1.807, 2.05) is 6.07 Å². The van der Waals surface area contributed by atoms with E-state index in [0.717, 1.165) is 0 Å². The smallest absolute Gasteiger partial charge is 0.412 e. The predicted molar refractivity (Wildman–Crippen MR) is 85.8 cm³/mol. The number of carbonyl (C=O) groups excluding carboxylic acids is 2. The number of rotatable bonds is 6.